The number of alkyl halides is 3. The predicted octanol–water partition coefficient (Wildman–Crippen LogP) is 2.48. The number of anilines is 1. The number of hydrogen-bond acceptors (Lipinski definition) is 25. The van der Waals surface area contributed by atoms with Crippen LogP contribution in [0.4, 0.5) is 19.0 Å². The van der Waals surface area contributed by atoms with Crippen LogP contribution in [0, 0.1) is 5.92 Å². The Hall–Kier alpha value is -6.48. The fourth-order valence-electron chi connectivity index (χ4n) is 12.1. The largest absolute Gasteiger partial charge is 0.416 e. The van der Waals surface area contributed by atoms with Crippen molar-refractivity contribution < 1.29 is 104 Å². The molecular formula is C71H113F3N12O19. The maximum absolute atomic E-state index is 14.0. The van der Waals surface area contributed by atoms with E-state index in [0.717, 1.165) is 24.1 Å². The molecule has 6 atom stereocenters. The quantitative estimate of drug-likeness (QED) is 0.0442. The number of ether oxygens (including phenoxy) is 13. The Kier molecular flexibility index (Phi) is 41.8. The molecule has 6 rings (SSSR count). The van der Waals surface area contributed by atoms with Crippen molar-refractivity contribution >= 4 is 52.2 Å². The molecule has 1 aliphatic carbocycles. The van der Waals surface area contributed by atoms with Gasteiger partial charge >= 0.3 is 6.18 Å². The second kappa shape index (κ2) is 50.2. The lowest BCUT2D eigenvalue weighted by atomic mass is 9.84. The van der Waals surface area contributed by atoms with Crippen LogP contribution < -0.4 is 32.3 Å². The van der Waals surface area contributed by atoms with Crippen molar-refractivity contribution in [2.75, 3.05) is 223 Å². The fraction of sp³-hybridized carbons (Fsp3) is 0.732. The molecule has 6 amide bonds. The summed E-state index contributed by atoms with van der Waals surface area (Å²) in [6.45, 7) is 16.8. The first-order valence-electron chi connectivity index (χ1n) is 36.5. The van der Waals surface area contributed by atoms with Crippen LogP contribution in [0.1, 0.15) is 89.3 Å². The number of nitrogens with two attached hydrogens (primary N) is 1. The summed E-state index contributed by atoms with van der Waals surface area (Å²) < 4.78 is 113. The molecule has 1 saturated carbocycles. The van der Waals surface area contributed by atoms with Gasteiger partial charge < -0.3 is 109 Å². The lowest BCUT2D eigenvalue weighted by molar-refractivity contribution is -0.137. The van der Waals surface area contributed by atoms with Crippen molar-refractivity contribution in [3.63, 3.8) is 0 Å². The predicted molar refractivity (Wildman–Crippen MR) is 379 cm³/mol. The van der Waals surface area contributed by atoms with Crippen LogP contribution in [0.3, 0.4) is 0 Å². The molecule has 2 aromatic heterocycles. The summed E-state index contributed by atoms with van der Waals surface area (Å²) >= 11 is 0. The third-order valence-corrected chi connectivity index (χ3v) is 17.2. The third kappa shape index (κ3) is 34.5. The number of aromatic nitrogens is 3. The van der Waals surface area contributed by atoms with Gasteiger partial charge in [-0.2, -0.15) is 13.2 Å². The molecule has 0 radical (unpaired) electrons. The van der Waals surface area contributed by atoms with Crippen molar-refractivity contribution in [1.29, 1.82) is 0 Å². The molecule has 4 heterocycles. The molecule has 3 fully saturated rings. The van der Waals surface area contributed by atoms with E-state index in [1.165, 1.54) is 12.4 Å². The molecule has 7 N–H and O–H groups in total. The van der Waals surface area contributed by atoms with E-state index in [2.05, 4.69) is 62.3 Å². The number of nitrogens with one attached hydrogen (secondary N) is 5. The average molecular weight is 1500 g/mol. The zero-order chi connectivity index (χ0) is 75.3. The summed E-state index contributed by atoms with van der Waals surface area (Å²) in [6.07, 6.45) is 2.97. The maximum Gasteiger partial charge on any atom is 0.416 e. The molecule has 0 bridgehead atoms. The van der Waals surface area contributed by atoms with Crippen LogP contribution in [0.25, 0.3) is 10.9 Å². The topological polar surface area (TPSA) is 357 Å². The van der Waals surface area contributed by atoms with Crippen LogP contribution in [0.5, 0.6) is 0 Å². The van der Waals surface area contributed by atoms with Gasteiger partial charge in [-0.1, -0.05) is 6.07 Å². The fourth-order valence-corrected chi connectivity index (χ4v) is 12.1. The molecule has 34 heteroatoms. The van der Waals surface area contributed by atoms with E-state index in [9.17, 15) is 41.9 Å². The summed E-state index contributed by atoms with van der Waals surface area (Å²) in [4.78, 5) is 95.9. The number of carbonyl (C=O) groups excluding carboxylic acids is 6. The van der Waals surface area contributed by atoms with Crippen molar-refractivity contribution in [3.8, 4) is 0 Å². The second-order valence-corrected chi connectivity index (χ2v) is 26.2. The van der Waals surface area contributed by atoms with E-state index in [4.69, 9.17) is 67.3 Å². The monoisotopic (exact) mass is 1490 g/mol. The summed E-state index contributed by atoms with van der Waals surface area (Å²) in [5.41, 5.74) is 5.54. The Morgan fingerprint density at radius 2 is 1.14 bits per heavy atom. The SMILES string of the molecule is CN1C(=O)C[C@H](C(=O)NCCOCCC(=O)N(CCOCCOCCOCCN)CCOCCOCCOCCC(=O)NCCOCCOCCOCCOCCOCCOCCC(=O)N[C@@H]2C[C@H](NC(C)(C)C)CC[C@@H]2N2CC[C@H](Nc3ncnc4ccc(C(F)(F)F)cc34)C2=O)[C@H]1c1cccnc1. The lowest BCUT2D eigenvalue weighted by Gasteiger charge is -2.43. The molecule has 2 saturated heterocycles. The Morgan fingerprint density at radius 3 is 1.70 bits per heavy atom. The average Bonchev–Trinajstić information content (AvgIpc) is 1.70. The van der Waals surface area contributed by atoms with Gasteiger partial charge in [-0.05, 0) is 76.3 Å². The number of halogens is 3. The first-order chi connectivity index (χ1) is 50.8. The van der Waals surface area contributed by atoms with Gasteiger partial charge in [0.05, 0.1) is 213 Å². The number of benzene rings is 1. The number of rotatable bonds is 57. The number of pyridine rings is 1. The van der Waals surface area contributed by atoms with E-state index >= 15 is 0 Å². The van der Waals surface area contributed by atoms with E-state index < -0.39 is 29.7 Å². The summed E-state index contributed by atoms with van der Waals surface area (Å²) in [6, 6.07) is 5.25. The van der Waals surface area contributed by atoms with E-state index in [-0.39, 0.29) is 149 Å². The van der Waals surface area contributed by atoms with Gasteiger partial charge in [0.25, 0.3) is 0 Å². The van der Waals surface area contributed by atoms with Gasteiger partial charge in [0.1, 0.15) is 18.2 Å². The number of nitrogens with zero attached hydrogens (tertiary/aromatic N) is 6. The van der Waals surface area contributed by atoms with Crippen molar-refractivity contribution in [2.24, 2.45) is 11.7 Å². The minimum absolute atomic E-state index is 0.102. The van der Waals surface area contributed by atoms with E-state index in [0.29, 0.717) is 183 Å². The molecule has 0 unspecified atom stereocenters. The lowest BCUT2D eigenvalue weighted by Crippen LogP contribution is -2.59. The van der Waals surface area contributed by atoms with Crippen LogP contribution in [0.15, 0.2) is 49.1 Å². The van der Waals surface area contributed by atoms with Gasteiger partial charge in [-0.15, -0.1) is 0 Å². The highest BCUT2D eigenvalue weighted by atomic mass is 19.4. The summed E-state index contributed by atoms with van der Waals surface area (Å²) in [5, 5.41) is 15.8. The zero-order valence-electron chi connectivity index (χ0n) is 61.5. The van der Waals surface area contributed by atoms with Crippen LogP contribution in [0.2, 0.25) is 0 Å². The molecule has 31 nitrogen and oxygen atoms in total. The smallest absolute Gasteiger partial charge is 0.379 e. The highest BCUT2D eigenvalue weighted by molar-refractivity contribution is 5.93. The molecule has 592 valence electrons. The number of likely N-dealkylation sites (tertiary alicyclic amines) is 2. The number of carbonyl (C=O) groups is 6. The Labute approximate surface area is 613 Å². The van der Waals surface area contributed by atoms with Crippen LogP contribution in [-0.2, 0) is 96.5 Å². The molecule has 1 aromatic carbocycles. The molecule has 105 heavy (non-hydrogen) atoms. The second-order valence-electron chi connectivity index (χ2n) is 26.2. The third-order valence-electron chi connectivity index (χ3n) is 17.2. The van der Waals surface area contributed by atoms with Crippen LogP contribution in [-0.4, -0.2) is 313 Å². The molecule has 3 aromatic rings. The van der Waals surface area contributed by atoms with Gasteiger partial charge in [-0.3, -0.25) is 33.8 Å². The Bertz CT molecular complexity index is 2970. The summed E-state index contributed by atoms with van der Waals surface area (Å²) in [7, 11) is 1.69. The van der Waals surface area contributed by atoms with Crippen molar-refractivity contribution in [3.05, 3.63) is 60.2 Å². The van der Waals surface area contributed by atoms with Gasteiger partial charge in [0.15, 0.2) is 0 Å². The number of amides is 6. The maximum atomic E-state index is 14.0. The molecule has 3 aliphatic rings. The zero-order valence-corrected chi connectivity index (χ0v) is 61.5. The Balaban J connectivity index is 0.691. The summed E-state index contributed by atoms with van der Waals surface area (Å²) in [5.74, 6) is -1.48. The molecule has 2 aliphatic heterocycles. The Morgan fingerprint density at radius 1 is 0.619 bits per heavy atom. The van der Waals surface area contributed by atoms with Crippen molar-refractivity contribution in [1.82, 2.24) is 50.9 Å². The standard InChI is InChI=1S/C71H113F3N12O19/c1-70(2,3)83-55-8-10-61(86-19-11-59(69(86)92)82-67-56-48-54(71(72,73)74)7-9-58(56)79-52-80-67)60(49-55)81-63(88)13-23-95-31-37-101-42-44-104-46-47-105-45-43-103-39-33-97-26-17-77-62(87)12-22-94-30-36-100-40-34-98-28-20-85(21-29-99-35-41-102-38-32-96-25-15-75)64(89)14-24-93-27-18-78-68(91)57-50-65(90)84(4)66(57)53-6-5-16-76-51-53/h5-7,9,16,48,51-52,55,57,59-61,66,83H,8,10-15,17-47,49-50,75H2,1-4H3,(H,77,87)(H,78,91)(H,81,88)(H,79,80,82)/t55-,57+,59+,60-,61+,66-/m1/s1. The highest BCUT2D eigenvalue weighted by Crippen LogP contribution is 2.37. The number of hydrogen-bond donors (Lipinski definition) is 6. The normalized spacial score (nSPS) is 18.5. The van der Waals surface area contributed by atoms with Crippen molar-refractivity contribution in [2.45, 2.75) is 114 Å². The van der Waals surface area contributed by atoms with Crippen LogP contribution >= 0.6 is 0 Å². The minimum Gasteiger partial charge on any atom is -0.379 e. The molecule has 0 spiro atoms. The van der Waals surface area contributed by atoms with E-state index in [1.54, 1.807) is 40.2 Å². The minimum atomic E-state index is -4.56. The number of fused-ring (bicyclic) bond motifs is 1. The highest BCUT2D eigenvalue weighted by Gasteiger charge is 2.44. The first kappa shape index (κ1) is 87.4. The first-order valence-corrected chi connectivity index (χ1v) is 36.5. The van der Waals surface area contributed by atoms with Gasteiger partial charge in [0, 0.05) is 94.9 Å². The van der Waals surface area contributed by atoms with Gasteiger partial charge in [0.2, 0.25) is 35.4 Å². The molecular weight excluding hydrogens is 1380 g/mol. The van der Waals surface area contributed by atoms with E-state index in [1.807, 2.05) is 6.07 Å². The van der Waals surface area contributed by atoms with Gasteiger partial charge in [-0.25, -0.2) is 9.97 Å².